The fourth-order valence-corrected chi connectivity index (χ4v) is 3.18. The van der Waals surface area contributed by atoms with Crippen molar-refractivity contribution in [1.82, 2.24) is 9.55 Å². The number of benzene rings is 2. The van der Waals surface area contributed by atoms with Gasteiger partial charge in [0.25, 0.3) is 5.56 Å². The number of fused-ring (bicyclic) bond motifs is 2. The number of hydrogen-bond donors (Lipinski definition) is 1. The van der Waals surface area contributed by atoms with E-state index in [1.807, 2.05) is 55.5 Å². The molecule has 1 N–H and O–H groups in total. The van der Waals surface area contributed by atoms with Crippen molar-refractivity contribution in [2.45, 2.75) is 19.6 Å². The van der Waals surface area contributed by atoms with Crippen LogP contribution in [0.1, 0.15) is 29.7 Å². The van der Waals surface area contributed by atoms with Gasteiger partial charge in [-0.25, -0.2) is 4.79 Å². The van der Waals surface area contributed by atoms with Crippen LogP contribution in [0.3, 0.4) is 0 Å². The summed E-state index contributed by atoms with van der Waals surface area (Å²) in [7, 11) is 0. The van der Waals surface area contributed by atoms with Gasteiger partial charge < -0.3 is 9.47 Å². The molecule has 0 saturated carbocycles. The maximum atomic E-state index is 13.1. The largest absolute Gasteiger partial charge is 0.440 e. The molecule has 0 aliphatic carbocycles. The lowest BCUT2D eigenvalue weighted by molar-refractivity contribution is 0.0813. The molecule has 1 aliphatic rings. The zero-order valence-corrected chi connectivity index (χ0v) is 14.3. The number of aromatic amines is 1. The lowest BCUT2D eigenvalue weighted by atomic mass is 10.00. The van der Waals surface area contributed by atoms with Gasteiger partial charge in [-0.05, 0) is 18.6 Å². The third-order valence-electron chi connectivity index (χ3n) is 4.38. The Morgan fingerprint density at radius 3 is 2.58 bits per heavy atom. The first-order valence-corrected chi connectivity index (χ1v) is 8.48. The number of aromatic nitrogens is 2. The Morgan fingerprint density at radius 2 is 1.81 bits per heavy atom. The van der Waals surface area contributed by atoms with E-state index in [0.29, 0.717) is 17.9 Å². The molecule has 0 amide bonds. The van der Waals surface area contributed by atoms with E-state index in [-0.39, 0.29) is 12.4 Å². The molecule has 2 heterocycles. The minimum atomic E-state index is -0.577. The van der Waals surface area contributed by atoms with Gasteiger partial charge >= 0.3 is 5.69 Å². The molecule has 0 spiro atoms. The lowest BCUT2D eigenvalue weighted by Crippen LogP contribution is -2.40. The van der Waals surface area contributed by atoms with Crippen molar-refractivity contribution in [1.29, 1.82) is 0 Å². The standard InChI is InChI=1S/C20H18N2O4/c1-2-25-17-14-10-6-7-11-15(14)26-18-16(17)19(23)22(20(24)21-18)12-13-8-4-3-5-9-13/h3-11,17H,2,12H2,1H3,(H,21,24). The zero-order valence-electron chi connectivity index (χ0n) is 14.3. The van der Waals surface area contributed by atoms with Crippen molar-refractivity contribution in [3.63, 3.8) is 0 Å². The molecule has 1 aliphatic heterocycles. The summed E-state index contributed by atoms with van der Waals surface area (Å²) < 4.78 is 12.8. The Hall–Kier alpha value is -3.12. The molecular weight excluding hydrogens is 332 g/mol. The molecule has 0 radical (unpaired) electrons. The van der Waals surface area contributed by atoms with Gasteiger partial charge in [0.2, 0.25) is 5.88 Å². The van der Waals surface area contributed by atoms with Crippen LogP contribution < -0.4 is 16.0 Å². The predicted octanol–water partition coefficient (Wildman–Crippen LogP) is 2.82. The smallest absolute Gasteiger partial charge is 0.331 e. The van der Waals surface area contributed by atoms with Gasteiger partial charge in [-0.15, -0.1) is 0 Å². The SMILES string of the molecule is CCOC1c2ccccc2Oc2[nH]c(=O)n(Cc3ccccc3)c(=O)c21. The second-order valence-corrected chi connectivity index (χ2v) is 6.03. The molecule has 0 fully saturated rings. The van der Waals surface area contributed by atoms with Gasteiger partial charge in [0.15, 0.2) is 0 Å². The number of H-pyrrole nitrogens is 1. The molecule has 132 valence electrons. The molecule has 6 heteroatoms. The van der Waals surface area contributed by atoms with Crippen LogP contribution in [-0.4, -0.2) is 16.2 Å². The van der Waals surface area contributed by atoms with Crippen molar-refractivity contribution in [3.8, 4) is 11.6 Å². The van der Waals surface area contributed by atoms with Crippen molar-refractivity contribution in [2.24, 2.45) is 0 Å². The Kier molecular flexibility index (Phi) is 4.18. The van der Waals surface area contributed by atoms with Crippen LogP contribution in [-0.2, 0) is 11.3 Å². The normalized spacial score (nSPS) is 15.0. The third-order valence-corrected chi connectivity index (χ3v) is 4.38. The highest BCUT2D eigenvalue weighted by atomic mass is 16.5. The number of hydrogen-bond acceptors (Lipinski definition) is 4. The summed E-state index contributed by atoms with van der Waals surface area (Å²) in [5, 5.41) is 0. The zero-order chi connectivity index (χ0) is 18.1. The van der Waals surface area contributed by atoms with Crippen LogP contribution in [0.25, 0.3) is 0 Å². The molecule has 1 unspecified atom stereocenters. The van der Waals surface area contributed by atoms with E-state index in [0.717, 1.165) is 11.1 Å². The van der Waals surface area contributed by atoms with Gasteiger partial charge in [0.1, 0.15) is 17.4 Å². The molecule has 1 aromatic heterocycles. The molecule has 2 aromatic carbocycles. The molecule has 3 aromatic rings. The Balaban J connectivity index is 1.87. The lowest BCUT2D eigenvalue weighted by Gasteiger charge is -2.27. The first kappa shape index (κ1) is 16.4. The number of para-hydroxylation sites is 1. The van der Waals surface area contributed by atoms with Crippen LogP contribution in [0.15, 0.2) is 64.2 Å². The topological polar surface area (TPSA) is 73.3 Å². The minimum absolute atomic E-state index is 0.154. The van der Waals surface area contributed by atoms with Gasteiger partial charge in [0.05, 0.1) is 6.54 Å². The van der Waals surface area contributed by atoms with Gasteiger partial charge in [0, 0.05) is 12.2 Å². The highest BCUT2D eigenvalue weighted by Gasteiger charge is 2.32. The van der Waals surface area contributed by atoms with Crippen LogP contribution in [0.5, 0.6) is 11.6 Å². The van der Waals surface area contributed by atoms with Crippen LogP contribution in [0, 0.1) is 0 Å². The predicted molar refractivity (Wildman–Crippen MR) is 96.9 cm³/mol. The third kappa shape index (κ3) is 2.74. The van der Waals surface area contributed by atoms with E-state index in [1.165, 1.54) is 4.57 Å². The van der Waals surface area contributed by atoms with Crippen molar-refractivity contribution >= 4 is 0 Å². The van der Waals surface area contributed by atoms with Crippen molar-refractivity contribution in [3.05, 3.63) is 92.1 Å². The van der Waals surface area contributed by atoms with Crippen LogP contribution in [0.4, 0.5) is 0 Å². The van der Waals surface area contributed by atoms with Gasteiger partial charge in [-0.2, -0.15) is 0 Å². The van der Waals surface area contributed by atoms with E-state index < -0.39 is 17.4 Å². The molecular formula is C20H18N2O4. The Labute approximate surface area is 149 Å². The fraction of sp³-hybridized carbons (Fsp3) is 0.200. The summed E-state index contributed by atoms with van der Waals surface area (Å²) >= 11 is 0. The van der Waals surface area contributed by atoms with E-state index in [1.54, 1.807) is 6.07 Å². The van der Waals surface area contributed by atoms with Crippen LogP contribution in [0.2, 0.25) is 0 Å². The average molecular weight is 350 g/mol. The van der Waals surface area contributed by atoms with Crippen LogP contribution >= 0.6 is 0 Å². The molecule has 0 saturated heterocycles. The maximum Gasteiger partial charge on any atom is 0.331 e. The molecule has 1 atom stereocenters. The molecule has 26 heavy (non-hydrogen) atoms. The highest BCUT2D eigenvalue weighted by Crippen LogP contribution is 2.41. The summed E-state index contributed by atoms with van der Waals surface area (Å²) in [5.41, 5.74) is 1.05. The Morgan fingerprint density at radius 1 is 1.08 bits per heavy atom. The second kappa shape index (κ2) is 6.65. The molecule has 4 rings (SSSR count). The van der Waals surface area contributed by atoms with E-state index in [9.17, 15) is 9.59 Å². The van der Waals surface area contributed by atoms with E-state index in [2.05, 4.69) is 4.98 Å². The molecule has 0 bridgehead atoms. The quantitative estimate of drug-likeness (QED) is 0.785. The van der Waals surface area contributed by atoms with Crippen molar-refractivity contribution in [2.75, 3.05) is 6.61 Å². The Bertz CT molecular complexity index is 1050. The summed E-state index contributed by atoms with van der Waals surface area (Å²) in [6, 6.07) is 16.7. The van der Waals surface area contributed by atoms with E-state index >= 15 is 0 Å². The number of nitrogens with one attached hydrogen (secondary N) is 1. The summed E-state index contributed by atoms with van der Waals surface area (Å²) in [6.07, 6.45) is -0.577. The summed E-state index contributed by atoms with van der Waals surface area (Å²) in [6.45, 7) is 2.48. The monoisotopic (exact) mass is 350 g/mol. The summed E-state index contributed by atoms with van der Waals surface area (Å²) in [5.74, 6) is 0.732. The van der Waals surface area contributed by atoms with E-state index in [4.69, 9.17) is 9.47 Å². The van der Waals surface area contributed by atoms with Gasteiger partial charge in [-0.1, -0.05) is 48.5 Å². The first-order chi connectivity index (χ1) is 12.7. The minimum Gasteiger partial charge on any atom is -0.440 e. The number of ether oxygens (including phenoxy) is 2. The average Bonchev–Trinajstić information content (AvgIpc) is 2.66. The first-order valence-electron chi connectivity index (χ1n) is 8.48. The van der Waals surface area contributed by atoms with Crippen molar-refractivity contribution < 1.29 is 9.47 Å². The number of nitrogens with zero attached hydrogens (tertiary/aromatic N) is 1. The highest BCUT2D eigenvalue weighted by molar-refractivity contribution is 5.48. The summed E-state index contributed by atoms with van der Waals surface area (Å²) in [4.78, 5) is 28.3. The maximum absolute atomic E-state index is 13.1. The van der Waals surface area contributed by atoms with Gasteiger partial charge in [-0.3, -0.25) is 14.3 Å². The second-order valence-electron chi connectivity index (χ2n) is 6.03. The molecule has 6 nitrogen and oxygen atoms in total. The number of rotatable bonds is 4. The fourth-order valence-electron chi connectivity index (χ4n) is 3.18.